The Balaban J connectivity index is 1.37. The molecule has 0 unspecified atom stereocenters. The van der Waals surface area contributed by atoms with Gasteiger partial charge >= 0.3 is 0 Å². The molecule has 124 valence electrons. The standard InChI is InChI=1S/C17H23N3O3/c1-12-2-3-14-15(8-12)20-16(19-14)10-23-11-17(21)18-6-4-13-5-7-22-9-13/h2-3,8,13H,4-7,9-11H2,1H3,(H,18,21)(H,19,20)/t13-/m0/s1. The minimum Gasteiger partial charge on any atom is -0.381 e. The zero-order valence-electron chi connectivity index (χ0n) is 13.4. The first-order chi connectivity index (χ1) is 11.2. The van der Waals surface area contributed by atoms with Crippen molar-refractivity contribution in [1.29, 1.82) is 0 Å². The van der Waals surface area contributed by atoms with E-state index in [2.05, 4.69) is 15.3 Å². The number of imidazole rings is 1. The van der Waals surface area contributed by atoms with Gasteiger partial charge in [-0.1, -0.05) is 6.07 Å². The molecule has 0 bridgehead atoms. The van der Waals surface area contributed by atoms with E-state index in [0.717, 1.165) is 42.9 Å². The number of ether oxygens (including phenoxy) is 2. The lowest BCUT2D eigenvalue weighted by Gasteiger charge is -2.08. The second-order valence-corrected chi connectivity index (χ2v) is 6.07. The van der Waals surface area contributed by atoms with Gasteiger partial charge in [0, 0.05) is 19.8 Å². The summed E-state index contributed by atoms with van der Waals surface area (Å²) in [7, 11) is 0. The van der Waals surface area contributed by atoms with Gasteiger partial charge in [-0.05, 0) is 43.4 Å². The highest BCUT2D eigenvalue weighted by atomic mass is 16.5. The number of nitrogens with one attached hydrogen (secondary N) is 2. The molecule has 3 rings (SSSR count). The molecule has 0 spiro atoms. The number of hydrogen-bond acceptors (Lipinski definition) is 4. The number of amides is 1. The van der Waals surface area contributed by atoms with E-state index in [1.807, 2.05) is 25.1 Å². The van der Waals surface area contributed by atoms with Crippen LogP contribution in [-0.2, 0) is 20.9 Å². The zero-order valence-corrected chi connectivity index (χ0v) is 13.4. The maximum absolute atomic E-state index is 11.7. The fraction of sp³-hybridized carbons (Fsp3) is 0.529. The summed E-state index contributed by atoms with van der Waals surface area (Å²) >= 11 is 0. The lowest BCUT2D eigenvalue weighted by Crippen LogP contribution is -2.29. The molecule has 1 saturated heterocycles. The van der Waals surface area contributed by atoms with E-state index in [9.17, 15) is 4.79 Å². The number of nitrogens with zero attached hydrogens (tertiary/aromatic N) is 1. The Kier molecular flexibility index (Phi) is 5.25. The number of carbonyl (C=O) groups is 1. The van der Waals surface area contributed by atoms with Crippen LogP contribution in [-0.4, -0.2) is 42.2 Å². The molecule has 2 N–H and O–H groups in total. The Morgan fingerprint density at radius 3 is 3.26 bits per heavy atom. The third kappa shape index (κ3) is 4.53. The molecule has 1 atom stereocenters. The Hall–Kier alpha value is -1.92. The summed E-state index contributed by atoms with van der Waals surface area (Å²) in [5.41, 5.74) is 3.09. The van der Waals surface area contributed by atoms with Crippen LogP contribution in [0.4, 0.5) is 0 Å². The number of rotatable bonds is 7. The van der Waals surface area contributed by atoms with Crippen LogP contribution in [0.25, 0.3) is 11.0 Å². The van der Waals surface area contributed by atoms with Crippen molar-refractivity contribution in [3.05, 3.63) is 29.6 Å². The molecule has 1 aliphatic heterocycles. The summed E-state index contributed by atoms with van der Waals surface area (Å²) in [6, 6.07) is 6.05. The van der Waals surface area contributed by atoms with Crippen LogP contribution in [0, 0.1) is 12.8 Å². The number of hydrogen-bond donors (Lipinski definition) is 2. The Labute approximate surface area is 135 Å². The highest BCUT2D eigenvalue weighted by Crippen LogP contribution is 2.15. The average Bonchev–Trinajstić information content (AvgIpc) is 3.16. The Bertz CT molecular complexity index is 662. The van der Waals surface area contributed by atoms with E-state index in [0.29, 0.717) is 19.1 Å². The predicted octanol–water partition coefficient (Wildman–Crippen LogP) is 1.93. The van der Waals surface area contributed by atoms with E-state index < -0.39 is 0 Å². The van der Waals surface area contributed by atoms with Crippen molar-refractivity contribution in [2.75, 3.05) is 26.4 Å². The van der Waals surface area contributed by atoms with Crippen LogP contribution < -0.4 is 5.32 Å². The summed E-state index contributed by atoms with van der Waals surface area (Å²) in [4.78, 5) is 19.4. The van der Waals surface area contributed by atoms with Crippen molar-refractivity contribution in [2.24, 2.45) is 5.92 Å². The highest BCUT2D eigenvalue weighted by Gasteiger charge is 2.15. The number of aromatic nitrogens is 2. The summed E-state index contributed by atoms with van der Waals surface area (Å²) in [5.74, 6) is 1.23. The van der Waals surface area contributed by atoms with Gasteiger partial charge in [0.25, 0.3) is 0 Å². The molecule has 1 aromatic heterocycles. The lowest BCUT2D eigenvalue weighted by atomic mass is 10.1. The van der Waals surface area contributed by atoms with Crippen LogP contribution in [0.3, 0.4) is 0 Å². The van der Waals surface area contributed by atoms with Gasteiger partial charge in [-0.15, -0.1) is 0 Å². The molecule has 6 nitrogen and oxygen atoms in total. The van der Waals surface area contributed by atoms with Crippen molar-refractivity contribution in [3.63, 3.8) is 0 Å². The van der Waals surface area contributed by atoms with E-state index in [1.54, 1.807) is 0 Å². The number of aryl methyl sites for hydroxylation is 1. The maximum atomic E-state index is 11.7. The van der Waals surface area contributed by atoms with Crippen LogP contribution in [0.1, 0.15) is 24.2 Å². The number of H-pyrrole nitrogens is 1. The molecule has 1 amide bonds. The van der Waals surface area contributed by atoms with Crippen molar-refractivity contribution in [2.45, 2.75) is 26.4 Å². The van der Waals surface area contributed by atoms with Crippen LogP contribution in [0.15, 0.2) is 18.2 Å². The van der Waals surface area contributed by atoms with E-state index in [1.165, 1.54) is 5.56 Å². The normalized spacial score (nSPS) is 17.7. The molecule has 0 aliphatic carbocycles. The Morgan fingerprint density at radius 1 is 1.52 bits per heavy atom. The molecular weight excluding hydrogens is 294 g/mol. The molecular formula is C17H23N3O3. The molecule has 23 heavy (non-hydrogen) atoms. The molecule has 1 aliphatic rings. The summed E-state index contributed by atoms with van der Waals surface area (Å²) in [5, 5.41) is 2.88. The van der Waals surface area contributed by atoms with E-state index in [-0.39, 0.29) is 12.5 Å². The first-order valence-corrected chi connectivity index (χ1v) is 8.08. The quantitative estimate of drug-likeness (QED) is 0.818. The Morgan fingerprint density at radius 2 is 2.43 bits per heavy atom. The molecule has 0 saturated carbocycles. The SMILES string of the molecule is Cc1ccc2nc(COCC(=O)NCC[C@H]3CCOC3)[nH]c2c1. The average molecular weight is 317 g/mol. The van der Waals surface area contributed by atoms with Gasteiger partial charge in [0.2, 0.25) is 5.91 Å². The van der Waals surface area contributed by atoms with Crippen molar-refractivity contribution in [3.8, 4) is 0 Å². The molecule has 6 heteroatoms. The third-order valence-electron chi connectivity index (χ3n) is 4.06. The van der Waals surface area contributed by atoms with Gasteiger partial charge in [0.05, 0.1) is 11.0 Å². The summed E-state index contributed by atoms with van der Waals surface area (Å²) in [6.45, 7) is 4.74. The first kappa shape index (κ1) is 16.0. The van der Waals surface area contributed by atoms with Gasteiger partial charge in [0.1, 0.15) is 19.0 Å². The second kappa shape index (κ2) is 7.57. The van der Waals surface area contributed by atoms with Crippen LogP contribution >= 0.6 is 0 Å². The van der Waals surface area contributed by atoms with Crippen molar-refractivity contribution in [1.82, 2.24) is 15.3 Å². The van der Waals surface area contributed by atoms with Gasteiger partial charge in [-0.3, -0.25) is 4.79 Å². The van der Waals surface area contributed by atoms with E-state index >= 15 is 0 Å². The highest BCUT2D eigenvalue weighted by molar-refractivity contribution is 5.77. The first-order valence-electron chi connectivity index (χ1n) is 8.08. The van der Waals surface area contributed by atoms with Gasteiger partial charge in [-0.25, -0.2) is 4.98 Å². The fourth-order valence-electron chi connectivity index (χ4n) is 2.76. The van der Waals surface area contributed by atoms with Crippen molar-refractivity contribution >= 4 is 16.9 Å². The molecule has 2 heterocycles. The summed E-state index contributed by atoms with van der Waals surface area (Å²) in [6.07, 6.45) is 2.06. The van der Waals surface area contributed by atoms with Gasteiger partial charge in [0.15, 0.2) is 0 Å². The van der Waals surface area contributed by atoms with Crippen LogP contribution in [0.5, 0.6) is 0 Å². The van der Waals surface area contributed by atoms with Gasteiger partial charge in [-0.2, -0.15) is 0 Å². The lowest BCUT2D eigenvalue weighted by molar-refractivity contribution is -0.126. The van der Waals surface area contributed by atoms with Crippen molar-refractivity contribution < 1.29 is 14.3 Å². The topological polar surface area (TPSA) is 76.2 Å². The minimum absolute atomic E-state index is 0.0528. The fourth-order valence-corrected chi connectivity index (χ4v) is 2.76. The van der Waals surface area contributed by atoms with Gasteiger partial charge < -0.3 is 19.8 Å². The second-order valence-electron chi connectivity index (χ2n) is 6.07. The predicted molar refractivity (Wildman–Crippen MR) is 87.0 cm³/mol. The molecule has 1 aromatic carbocycles. The van der Waals surface area contributed by atoms with Crippen LogP contribution in [0.2, 0.25) is 0 Å². The number of fused-ring (bicyclic) bond motifs is 1. The summed E-state index contributed by atoms with van der Waals surface area (Å²) < 4.78 is 10.7. The maximum Gasteiger partial charge on any atom is 0.246 e. The number of aromatic amines is 1. The smallest absolute Gasteiger partial charge is 0.246 e. The number of carbonyl (C=O) groups excluding carboxylic acids is 1. The zero-order chi connectivity index (χ0) is 16.1. The largest absolute Gasteiger partial charge is 0.381 e. The number of benzene rings is 1. The van der Waals surface area contributed by atoms with E-state index in [4.69, 9.17) is 9.47 Å². The molecule has 1 fully saturated rings. The molecule has 0 radical (unpaired) electrons. The molecule has 2 aromatic rings. The minimum atomic E-state index is -0.0872. The monoisotopic (exact) mass is 317 g/mol. The third-order valence-corrected chi connectivity index (χ3v) is 4.06.